The third kappa shape index (κ3) is 8.06. The normalized spacial score (nSPS) is 12.0. The molecular formula is C28H30F3N3O4S. The third-order valence-corrected chi connectivity index (χ3v) is 7.13. The molecule has 0 aliphatic heterocycles. The summed E-state index contributed by atoms with van der Waals surface area (Å²) in [5.41, 5.74) is 0.567. The average Bonchev–Trinajstić information content (AvgIpc) is 2.90. The molecule has 1 atom stereocenters. The van der Waals surface area contributed by atoms with Gasteiger partial charge in [-0.2, -0.15) is 0 Å². The number of sulfonamides is 1. The lowest BCUT2D eigenvalue weighted by atomic mass is 10.0. The molecule has 1 N–H and O–H groups in total. The Labute approximate surface area is 226 Å². The fourth-order valence-electron chi connectivity index (χ4n) is 3.98. The first-order chi connectivity index (χ1) is 18.5. The van der Waals surface area contributed by atoms with Gasteiger partial charge in [0.1, 0.15) is 18.4 Å². The van der Waals surface area contributed by atoms with E-state index in [1.54, 1.807) is 36.4 Å². The van der Waals surface area contributed by atoms with Gasteiger partial charge in [-0.1, -0.05) is 55.5 Å². The zero-order valence-corrected chi connectivity index (χ0v) is 22.4. The minimum Gasteiger partial charge on any atom is -0.354 e. The quantitative estimate of drug-likeness (QED) is 0.362. The molecule has 0 bridgehead atoms. The lowest BCUT2D eigenvalue weighted by Crippen LogP contribution is -2.53. The second-order valence-corrected chi connectivity index (χ2v) is 10.9. The summed E-state index contributed by atoms with van der Waals surface area (Å²) in [6.07, 6.45) is 1.52. The van der Waals surface area contributed by atoms with Gasteiger partial charge >= 0.3 is 0 Å². The second kappa shape index (κ2) is 13.3. The van der Waals surface area contributed by atoms with Gasteiger partial charge in [0, 0.05) is 31.1 Å². The maximum absolute atomic E-state index is 14.7. The van der Waals surface area contributed by atoms with Crippen molar-refractivity contribution in [2.45, 2.75) is 32.4 Å². The van der Waals surface area contributed by atoms with Crippen LogP contribution in [0.15, 0.2) is 72.8 Å². The van der Waals surface area contributed by atoms with Gasteiger partial charge in [-0.05, 0) is 30.2 Å². The maximum atomic E-state index is 14.7. The topological polar surface area (TPSA) is 86.8 Å². The highest BCUT2D eigenvalue weighted by Gasteiger charge is 2.33. The van der Waals surface area contributed by atoms with Gasteiger partial charge in [0.05, 0.1) is 11.9 Å². The van der Waals surface area contributed by atoms with Crippen molar-refractivity contribution in [1.82, 2.24) is 10.2 Å². The van der Waals surface area contributed by atoms with Crippen LogP contribution in [0.25, 0.3) is 0 Å². The number of hydrogen-bond donors (Lipinski definition) is 1. The summed E-state index contributed by atoms with van der Waals surface area (Å²) < 4.78 is 68.1. The van der Waals surface area contributed by atoms with Gasteiger partial charge in [-0.15, -0.1) is 0 Å². The Kier molecular flexibility index (Phi) is 10.1. The van der Waals surface area contributed by atoms with Crippen molar-refractivity contribution < 1.29 is 31.2 Å². The first-order valence-corrected chi connectivity index (χ1v) is 14.1. The van der Waals surface area contributed by atoms with E-state index < -0.39 is 51.9 Å². The van der Waals surface area contributed by atoms with Crippen LogP contribution in [0.3, 0.4) is 0 Å². The molecule has 0 fully saturated rings. The fraction of sp³-hybridized carbons (Fsp3) is 0.286. The Hall–Kier alpha value is -3.86. The zero-order valence-electron chi connectivity index (χ0n) is 21.6. The molecule has 0 aromatic heterocycles. The molecule has 0 saturated carbocycles. The highest BCUT2D eigenvalue weighted by Crippen LogP contribution is 2.23. The number of carbonyl (C=O) groups is 2. The number of anilines is 1. The summed E-state index contributed by atoms with van der Waals surface area (Å²) in [5, 5.41) is 2.77. The van der Waals surface area contributed by atoms with Crippen LogP contribution in [0.5, 0.6) is 0 Å². The smallest absolute Gasteiger partial charge is 0.244 e. The second-order valence-electron chi connectivity index (χ2n) is 8.98. The van der Waals surface area contributed by atoms with Crippen molar-refractivity contribution in [3.63, 3.8) is 0 Å². The average molecular weight is 562 g/mol. The molecule has 208 valence electrons. The van der Waals surface area contributed by atoms with E-state index in [9.17, 15) is 31.2 Å². The number of halogens is 3. The molecule has 3 aromatic carbocycles. The van der Waals surface area contributed by atoms with Crippen molar-refractivity contribution in [3.05, 3.63) is 101 Å². The van der Waals surface area contributed by atoms with Crippen LogP contribution in [-0.4, -0.2) is 50.5 Å². The molecule has 11 heteroatoms. The molecule has 7 nitrogen and oxygen atoms in total. The molecule has 0 radical (unpaired) electrons. The van der Waals surface area contributed by atoms with Crippen LogP contribution in [0.1, 0.15) is 24.5 Å². The molecule has 0 aliphatic carbocycles. The summed E-state index contributed by atoms with van der Waals surface area (Å²) in [4.78, 5) is 28.3. The molecule has 0 heterocycles. The van der Waals surface area contributed by atoms with Gasteiger partial charge in [0.2, 0.25) is 21.8 Å². The van der Waals surface area contributed by atoms with Crippen molar-refractivity contribution in [2.75, 3.05) is 23.7 Å². The highest BCUT2D eigenvalue weighted by atomic mass is 32.2. The highest BCUT2D eigenvalue weighted by molar-refractivity contribution is 7.92. The first-order valence-electron chi connectivity index (χ1n) is 12.3. The predicted molar refractivity (Wildman–Crippen MR) is 143 cm³/mol. The van der Waals surface area contributed by atoms with E-state index >= 15 is 0 Å². The summed E-state index contributed by atoms with van der Waals surface area (Å²) in [7, 11) is -4.15. The van der Waals surface area contributed by atoms with Crippen molar-refractivity contribution in [3.8, 4) is 0 Å². The van der Waals surface area contributed by atoms with Crippen LogP contribution in [-0.2, 0) is 32.6 Å². The van der Waals surface area contributed by atoms with Crippen molar-refractivity contribution >= 4 is 27.5 Å². The van der Waals surface area contributed by atoms with Gasteiger partial charge in [-0.25, -0.2) is 21.6 Å². The summed E-state index contributed by atoms with van der Waals surface area (Å²) in [5.74, 6) is -4.42. The molecule has 0 spiro atoms. The summed E-state index contributed by atoms with van der Waals surface area (Å²) in [6, 6.07) is 15.9. The molecule has 39 heavy (non-hydrogen) atoms. The van der Waals surface area contributed by atoms with Crippen LogP contribution in [0.4, 0.5) is 18.9 Å². The lowest BCUT2D eigenvalue weighted by molar-refractivity contribution is -0.140. The van der Waals surface area contributed by atoms with E-state index in [0.29, 0.717) is 23.3 Å². The summed E-state index contributed by atoms with van der Waals surface area (Å²) >= 11 is 0. The maximum Gasteiger partial charge on any atom is 0.244 e. The van der Waals surface area contributed by atoms with E-state index in [4.69, 9.17) is 0 Å². The number of amides is 2. The Morgan fingerprint density at radius 1 is 0.897 bits per heavy atom. The molecular weight excluding hydrogens is 531 g/mol. The van der Waals surface area contributed by atoms with Crippen molar-refractivity contribution in [1.29, 1.82) is 0 Å². The summed E-state index contributed by atoms with van der Waals surface area (Å²) in [6.45, 7) is 1.03. The van der Waals surface area contributed by atoms with E-state index in [2.05, 4.69) is 5.32 Å². The Balaban J connectivity index is 2.06. The Bertz CT molecular complexity index is 1400. The molecule has 3 aromatic rings. The van der Waals surface area contributed by atoms with Crippen LogP contribution in [0, 0.1) is 17.5 Å². The standard InChI is InChI=1S/C28H30F3N3O4S/c1-3-15-32-28(36)26(16-20-9-5-4-6-10-20)33(18-21-11-7-8-12-23(21)29)27(35)19-34(39(2,37)38)22-13-14-24(30)25(31)17-22/h4-14,17,26H,3,15-16,18-19H2,1-2H3,(H,32,36)/t26-/m0/s1. The fourth-order valence-corrected chi connectivity index (χ4v) is 4.83. The number of rotatable bonds is 12. The van der Waals surface area contributed by atoms with Crippen LogP contribution in [0.2, 0.25) is 0 Å². The van der Waals surface area contributed by atoms with Crippen molar-refractivity contribution in [2.24, 2.45) is 0 Å². The van der Waals surface area contributed by atoms with Gasteiger partial charge < -0.3 is 10.2 Å². The van der Waals surface area contributed by atoms with Crippen LogP contribution < -0.4 is 9.62 Å². The predicted octanol–water partition coefficient (Wildman–Crippen LogP) is 4.04. The molecule has 0 aliphatic rings. The van der Waals surface area contributed by atoms with Gasteiger partial charge in [0.15, 0.2) is 11.6 Å². The number of hydrogen-bond acceptors (Lipinski definition) is 4. The number of nitrogens with zero attached hydrogens (tertiary/aromatic N) is 2. The molecule has 3 rings (SSSR count). The largest absolute Gasteiger partial charge is 0.354 e. The van der Waals surface area contributed by atoms with Gasteiger partial charge in [0.25, 0.3) is 0 Å². The minimum absolute atomic E-state index is 0.0701. The Morgan fingerprint density at radius 2 is 1.56 bits per heavy atom. The third-order valence-electron chi connectivity index (χ3n) is 5.99. The number of nitrogens with one attached hydrogen (secondary N) is 1. The number of benzene rings is 3. The molecule has 2 amide bonds. The monoisotopic (exact) mass is 561 g/mol. The number of carbonyl (C=O) groups excluding carboxylic acids is 2. The van der Waals surface area contributed by atoms with E-state index in [-0.39, 0.29) is 24.2 Å². The van der Waals surface area contributed by atoms with Crippen LogP contribution >= 0.6 is 0 Å². The van der Waals surface area contributed by atoms with E-state index in [1.165, 1.54) is 18.2 Å². The zero-order chi connectivity index (χ0) is 28.6. The SMILES string of the molecule is CCCNC(=O)[C@H](Cc1ccccc1)N(Cc1ccccc1F)C(=O)CN(c1ccc(F)c(F)c1)S(C)(=O)=O. The molecule has 0 unspecified atom stereocenters. The van der Waals surface area contributed by atoms with E-state index in [1.807, 2.05) is 6.92 Å². The van der Waals surface area contributed by atoms with E-state index in [0.717, 1.165) is 28.9 Å². The lowest BCUT2D eigenvalue weighted by Gasteiger charge is -2.33. The first kappa shape index (κ1) is 29.7. The molecule has 0 saturated heterocycles. The Morgan fingerprint density at radius 3 is 2.18 bits per heavy atom. The van der Waals surface area contributed by atoms with Gasteiger partial charge in [-0.3, -0.25) is 13.9 Å². The minimum atomic E-state index is -4.15.